The van der Waals surface area contributed by atoms with Gasteiger partial charge in [-0.25, -0.2) is 4.68 Å². The van der Waals surface area contributed by atoms with E-state index in [1.54, 1.807) is 10.9 Å². The number of H-pyrrole nitrogens is 1. The molecule has 2 N–H and O–H groups in total. The maximum absolute atomic E-state index is 12.5. The maximum atomic E-state index is 12.5. The summed E-state index contributed by atoms with van der Waals surface area (Å²) >= 11 is 3.55. The molecular weight excluding hydrogens is 392 g/mol. The van der Waals surface area contributed by atoms with Crippen LogP contribution in [0.25, 0.3) is 10.9 Å². The van der Waals surface area contributed by atoms with E-state index < -0.39 is 0 Å². The summed E-state index contributed by atoms with van der Waals surface area (Å²) in [5.74, 6) is 0.620. The van der Waals surface area contributed by atoms with E-state index in [-0.39, 0.29) is 5.91 Å². The smallest absolute Gasteiger partial charge is 0.230 e. The minimum Gasteiger partial charge on any atom is -0.361 e. The molecule has 130 valence electrons. The van der Waals surface area contributed by atoms with Crippen molar-refractivity contribution in [3.8, 4) is 0 Å². The number of fused-ring (bicyclic) bond motifs is 1. The molecule has 2 aromatic heterocycles. The molecule has 0 bridgehead atoms. The zero-order chi connectivity index (χ0) is 17.9. The Kier molecular flexibility index (Phi) is 4.58. The van der Waals surface area contributed by atoms with E-state index in [4.69, 9.17) is 0 Å². The standard InChI is InChI=1S/C20H17BrN4O/c21-17-7-3-1-5-14(17)13-25-19(9-10-23-25)24-20(26)11-15-12-22-18-8-4-2-6-16(15)18/h1-10,12,22H,11,13H2,(H,24,26). The topological polar surface area (TPSA) is 62.7 Å². The first-order chi connectivity index (χ1) is 12.7. The number of amides is 1. The minimum atomic E-state index is -0.0661. The Morgan fingerprint density at radius 1 is 1.08 bits per heavy atom. The largest absolute Gasteiger partial charge is 0.361 e. The number of aromatic amines is 1. The van der Waals surface area contributed by atoms with E-state index in [1.165, 1.54) is 0 Å². The highest BCUT2D eigenvalue weighted by molar-refractivity contribution is 9.10. The fourth-order valence-corrected chi connectivity index (χ4v) is 3.40. The summed E-state index contributed by atoms with van der Waals surface area (Å²) in [6.07, 6.45) is 3.89. The van der Waals surface area contributed by atoms with E-state index in [2.05, 4.69) is 31.3 Å². The molecular formula is C20H17BrN4O. The molecule has 4 aromatic rings. The predicted octanol–water partition coefficient (Wildman–Crippen LogP) is 4.36. The lowest BCUT2D eigenvalue weighted by molar-refractivity contribution is -0.115. The van der Waals surface area contributed by atoms with Crippen LogP contribution in [0, 0.1) is 0 Å². The van der Waals surface area contributed by atoms with Crippen LogP contribution in [0.1, 0.15) is 11.1 Å². The van der Waals surface area contributed by atoms with Gasteiger partial charge >= 0.3 is 0 Å². The van der Waals surface area contributed by atoms with Crippen LogP contribution in [-0.2, 0) is 17.8 Å². The van der Waals surface area contributed by atoms with Gasteiger partial charge in [-0.15, -0.1) is 0 Å². The molecule has 5 nitrogen and oxygen atoms in total. The second kappa shape index (κ2) is 7.17. The normalized spacial score (nSPS) is 11.0. The second-order valence-electron chi connectivity index (χ2n) is 6.05. The molecule has 1 amide bonds. The number of hydrogen-bond donors (Lipinski definition) is 2. The Labute approximate surface area is 159 Å². The van der Waals surface area contributed by atoms with Crippen LogP contribution in [0.5, 0.6) is 0 Å². The third-order valence-electron chi connectivity index (χ3n) is 4.29. The van der Waals surface area contributed by atoms with Crippen LogP contribution in [0.4, 0.5) is 5.82 Å². The van der Waals surface area contributed by atoms with Crippen molar-refractivity contribution in [2.45, 2.75) is 13.0 Å². The summed E-state index contributed by atoms with van der Waals surface area (Å²) in [4.78, 5) is 15.7. The number of rotatable bonds is 5. The molecule has 26 heavy (non-hydrogen) atoms. The summed E-state index contributed by atoms with van der Waals surface area (Å²) < 4.78 is 2.80. The van der Waals surface area contributed by atoms with Crippen molar-refractivity contribution in [1.29, 1.82) is 0 Å². The molecule has 2 heterocycles. The van der Waals surface area contributed by atoms with Crippen LogP contribution in [0.15, 0.2) is 71.5 Å². The van der Waals surface area contributed by atoms with Crippen LogP contribution in [0.2, 0.25) is 0 Å². The Morgan fingerprint density at radius 2 is 1.88 bits per heavy atom. The number of carbonyl (C=O) groups excluding carboxylic acids is 1. The lowest BCUT2D eigenvalue weighted by Gasteiger charge is -2.10. The van der Waals surface area contributed by atoms with Crippen LogP contribution in [0.3, 0.4) is 0 Å². The van der Waals surface area contributed by atoms with Crippen molar-refractivity contribution >= 4 is 38.6 Å². The lowest BCUT2D eigenvalue weighted by Crippen LogP contribution is -2.18. The summed E-state index contributed by atoms with van der Waals surface area (Å²) in [5.41, 5.74) is 3.12. The highest BCUT2D eigenvalue weighted by Crippen LogP contribution is 2.20. The van der Waals surface area contributed by atoms with E-state index in [1.807, 2.05) is 60.8 Å². The fourth-order valence-electron chi connectivity index (χ4n) is 2.99. The molecule has 0 aliphatic heterocycles. The van der Waals surface area contributed by atoms with Gasteiger partial charge in [0.05, 0.1) is 19.2 Å². The molecule has 0 fully saturated rings. The first-order valence-corrected chi connectivity index (χ1v) is 9.10. The van der Waals surface area contributed by atoms with E-state index >= 15 is 0 Å². The third-order valence-corrected chi connectivity index (χ3v) is 5.06. The van der Waals surface area contributed by atoms with Crippen molar-refractivity contribution in [3.05, 3.63) is 82.6 Å². The average molecular weight is 409 g/mol. The SMILES string of the molecule is O=C(Cc1c[nH]c2ccccc12)Nc1ccnn1Cc1ccccc1Br. The lowest BCUT2D eigenvalue weighted by atomic mass is 10.1. The molecule has 4 rings (SSSR count). The van der Waals surface area contributed by atoms with Crippen LogP contribution < -0.4 is 5.32 Å². The van der Waals surface area contributed by atoms with Gasteiger partial charge in [0.1, 0.15) is 5.82 Å². The first-order valence-electron chi connectivity index (χ1n) is 8.31. The number of para-hydroxylation sites is 1. The van der Waals surface area contributed by atoms with Crippen molar-refractivity contribution < 1.29 is 4.79 Å². The van der Waals surface area contributed by atoms with Gasteiger partial charge in [-0.1, -0.05) is 52.3 Å². The van der Waals surface area contributed by atoms with Gasteiger partial charge in [0.25, 0.3) is 0 Å². The Bertz CT molecular complexity index is 1070. The summed E-state index contributed by atoms with van der Waals surface area (Å²) in [7, 11) is 0. The molecule has 0 radical (unpaired) electrons. The van der Waals surface area contributed by atoms with E-state index in [0.717, 1.165) is 26.5 Å². The van der Waals surface area contributed by atoms with Crippen molar-refractivity contribution in [1.82, 2.24) is 14.8 Å². The molecule has 0 atom stereocenters. The average Bonchev–Trinajstić information content (AvgIpc) is 3.24. The van der Waals surface area contributed by atoms with Gasteiger partial charge in [0.2, 0.25) is 5.91 Å². The monoisotopic (exact) mass is 408 g/mol. The van der Waals surface area contributed by atoms with Gasteiger partial charge in [-0.2, -0.15) is 5.10 Å². The number of hydrogen-bond acceptors (Lipinski definition) is 2. The zero-order valence-corrected chi connectivity index (χ0v) is 15.5. The molecule has 6 heteroatoms. The van der Waals surface area contributed by atoms with Crippen molar-refractivity contribution in [2.24, 2.45) is 0 Å². The number of halogens is 1. The van der Waals surface area contributed by atoms with E-state index in [0.29, 0.717) is 18.8 Å². The Morgan fingerprint density at radius 3 is 2.77 bits per heavy atom. The quantitative estimate of drug-likeness (QED) is 0.515. The number of nitrogens with one attached hydrogen (secondary N) is 2. The maximum Gasteiger partial charge on any atom is 0.230 e. The molecule has 0 saturated heterocycles. The molecule has 0 saturated carbocycles. The summed E-state index contributed by atoms with van der Waals surface area (Å²) in [6, 6.07) is 17.8. The number of benzene rings is 2. The van der Waals surface area contributed by atoms with E-state index in [9.17, 15) is 4.79 Å². The molecule has 0 unspecified atom stereocenters. The number of anilines is 1. The zero-order valence-electron chi connectivity index (χ0n) is 13.9. The molecule has 2 aromatic carbocycles. The van der Waals surface area contributed by atoms with Crippen molar-refractivity contribution in [3.63, 3.8) is 0 Å². The second-order valence-corrected chi connectivity index (χ2v) is 6.90. The number of nitrogens with zero attached hydrogens (tertiary/aromatic N) is 2. The summed E-state index contributed by atoms with van der Waals surface area (Å²) in [6.45, 7) is 0.580. The number of carbonyl (C=O) groups is 1. The first kappa shape index (κ1) is 16.6. The third kappa shape index (κ3) is 3.41. The van der Waals surface area contributed by atoms with Gasteiger partial charge in [-0.05, 0) is 23.3 Å². The van der Waals surface area contributed by atoms with Crippen LogP contribution >= 0.6 is 15.9 Å². The van der Waals surface area contributed by atoms with Crippen LogP contribution in [-0.4, -0.2) is 20.7 Å². The molecule has 0 aliphatic rings. The Balaban J connectivity index is 1.49. The Hall–Kier alpha value is -2.86. The van der Waals surface area contributed by atoms with Gasteiger partial charge in [0, 0.05) is 27.6 Å². The molecule has 0 spiro atoms. The minimum absolute atomic E-state index is 0.0661. The van der Waals surface area contributed by atoms with Gasteiger partial charge in [-0.3, -0.25) is 4.79 Å². The fraction of sp³-hybridized carbons (Fsp3) is 0.100. The molecule has 0 aliphatic carbocycles. The highest BCUT2D eigenvalue weighted by Gasteiger charge is 2.12. The highest BCUT2D eigenvalue weighted by atomic mass is 79.9. The predicted molar refractivity (Wildman–Crippen MR) is 106 cm³/mol. The van der Waals surface area contributed by atoms with Gasteiger partial charge < -0.3 is 10.3 Å². The van der Waals surface area contributed by atoms with Gasteiger partial charge in [0.15, 0.2) is 0 Å². The summed E-state index contributed by atoms with van der Waals surface area (Å²) in [5, 5.41) is 8.37. The number of aromatic nitrogens is 3. The van der Waals surface area contributed by atoms with Crippen molar-refractivity contribution in [2.75, 3.05) is 5.32 Å².